The smallest absolute Gasteiger partial charge is 0.262 e. The molecule has 0 atom stereocenters. The van der Waals surface area contributed by atoms with Crippen molar-refractivity contribution in [3.8, 4) is 0 Å². The number of benzene rings is 1. The molecule has 1 fully saturated rings. The van der Waals surface area contributed by atoms with Gasteiger partial charge in [0.2, 0.25) is 11.8 Å². The number of carbonyl (C=O) groups excluding carboxylic acids is 2. The minimum absolute atomic E-state index is 0.0390. The molecule has 0 saturated heterocycles. The third kappa shape index (κ3) is 4.92. The van der Waals surface area contributed by atoms with Gasteiger partial charge in [-0.2, -0.15) is 0 Å². The van der Waals surface area contributed by atoms with Crippen molar-refractivity contribution < 1.29 is 9.59 Å². The largest absolute Gasteiger partial charge is 0.352 e. The van der Waals surface area contributed by atoms with Crippen LogP contribution in [0.1, 0.15) is 60.9 Å². The summed E-state index contributed by atoms with van der Waals surface area (Å²) in [5.74, 6) is 0.0707. The fraction of sp³-hybridized carbons (Fsp3) is 0.462. The van der Waals surface area contributed by atoms with E-state index in [0.717, 1.165) is 66.4 Å². The Balaban J connectivity index is 1.16. The summed E-state index contributed by atoms with van der Waals surface area (Å²) < 4.78 is 1.56. The standard InChI is InChI=1S/C26H30N4O3S/c31-22(27-15-17-6-5-9-19(14-17)29-24(32)18-7-1-2-8-18)12-13-30-16-28-25-23(26(30)33)20-10-3-4-11-21(20)34-25/h5-6,9,14,16,18H,1-4,7-8,10-13,15H2,(H,27,31)(H,29,32). The van der Waals surface area contributed by atoms with Crippen molar-refractivity contribution >= 4 is 39.1 Å². The van der Waals surface area contributed by atoms with Crippen molar-refractivity contribution in [3.05, 3.63) is 57.0 Å². The van der Waals surface area contributed by atoms with E-state index in [2.05, 4.69) is 15.6 Å². The zero-order chi connectivity index (χ0) is 23.5. The van der Waals surface area contributed by atoms with Gasteiger partial charge in [-0.1, -0.05) is 25.0 Å². The molecule has 0 radical (unpaired) electrons. The van der Waals surface area contributed by atoms with Crippen molar-refractivity contribution in [3.63, 3.8) is 0 Å². The van der Waals surface area contributed by atoms with E-state index in [-0.39, 0.29) is 29.7 Å². The third-order valence-corrected chi connectivity index (χ3v) is 8.13. The van der Waals surface area contributed by atoms with Crippen molar-refractivity contribution in [2.75, 3.05) is 5.32 Å². The molecule has 2 aliphatic rings. The molecule has 34 heavy (non-hydrogen) atoms. The van der Waals surface area contributed by atoms with Gasteiger partial charge in [0, 0.05) is 36.0 Å². The number of thiophene rings is 1. The molecule has 2 amide bonds. The molecule has 8 heteroatoms. The summed E-state index contributed by atoms with van der Waals surface area (Å²) in [6, 6.07) is 7.58. The molecule has 0 unspecified atom stereocenters. The first kappa shape index (κ1) is 22.8. The van der Waals surface area contributed by atoms with Crippen LogP contribution in [0.15, 0.2) is 35.4 Å². The summed E-state index contributed by atoms with van der Waals surface area (Å²) >= 11 is 1.63. The average molecular weight is 479 g/mol. The molecule has 0 bridgehead atoms. The highest BCUT2D eigenvalue weighted by Crippen LogP contribution is 2.33. The first-order valence-corrected chi connectivity index (χ1v) is 13.1. The number of nitrogens with zero attached hydrogens (tertiary/aromatic N) is 2. The molecule has 7 nitrogen and oxygen atoms in total. The number of hydrogen-bond donors (Lipinski definition) is 2. The number of fused-ring (bicyclic) bond motifs is 3. The van der Waals surface area contributed by atoms with E-state index in [9.17, 15) is 14.4 Å². The van der Waals surface area contributed by atoms with Gasteiger partial charge in [-0.15, -0.1) is 11.3 Å². The van der Waals surface area contributed by atoms with Crippen LogP contribution < -0.4 is 16.2 Å². The number of hydrogen-bond acceptors (Lipinski definition) is 5. The Morgan fingerprint density at radius 1 is 1.12 bits per heavy atom. The highest BCUT2D eigenvalue weighted by Gasteiger charge is 2.23. The molecule has 0 spiro atoms. The van der Waals surface area contributed by atoms with Gasteiger partial charge in [-0.3, -0.25) is 19.0 Å². The monoisotopic (exact) mass is 478 g/mol. The Labute approximate surface area is 202 Å². The first-order valence-electron chi connectivity index (χ1n) is 12.2. The van der Waals surface area contributed by atoms with Crippen LogP contribution in [0.3, 0.4) is 0 Å². The van der Waals surface area contributed by atoms with Crippen LogP contribution in [-0.2, 0) is 35.5 Å². The van der Waals surface area contributed by atoms with Crippen LogP contribution in [0.25, 0.3) is 10.2 Å². The summed E-state index contributed by atoms with van der Waals surface area (Å²) in [6.45, 7) is 0.673. The Kier molecular flexibility index (Phi) is 6.76. The maximum Gasteiger partial charge on any atom is 0.262 e. The lowest BCUT2D eigenvalue weighted by atomic mass is 9.97. The van der Waals surface area contributed by atoms with Gasteiger partial charge >= 0.3 is 0 Å². The number of aryl methyl sites for hydroxylation is 3. The predicted molar refractivity (Wildman–Crippen MR) is 134 cm³/mol. The summed E-state index contributed by atoms with van der Waals surface area (Å²) in [4.78, 5) is 44.5. The van der Waals surface area contributed by atoms with Crippen LogP contribution >= 0.6 is 11.3 Å². The summed E-state index contributed by atoms with van der Waals surface area (Å²) in [5.41, 5.74) is 2.81. The minimum Gasteiger partial charge on any atom is -0.352 e. The van der Waals surface area contributed by atoms with E-state index in [1.165, 1.54) is 16.9 Å². The quantitative estimate of drug-likeness (QED) is 0.533. The van der Waals surface area contributed by atoms with Gasteiger partial charge in [-0.05, 0) is 61.8 Å². The molecule has 1 aromatic carbocycles. The van der Waals surface area contributed by atoms with Crippen molar-refractivity contribution in [2.24, 2.45) is 5.92 Å². The molecule has 5 rings (SSSR count). The van der Waals surface area contributed by atoms with Gasteiger partial charge in [0.1, 0.15) is 4.83 Å². The summed E-state index contributed by atoms with van der Waals surface area (Å²) in [6.07, 6.45) is 10.2. The minimum atomic E-state index is -0.125. The molecular formula is C26H30N4O3S. The van der Waals surface area contributed by atoms with Crippen molar-refractivity contribution in [2.45, 2.75) is 70.9 Å². The fourth-order valence-corrected chi connectivity index (χ4v) is 6.26. The maximum absolute atomic E-state index is 13.0. The lowest BCUT2D eigenvalue weighted by Crippen LogP contribution is -2.27. The zero-order valence-electron chi connectivity index (χ0n) is 19.3. The van der Waals surface area contributed by atoms with E-state index in [4.69, 9.17) is 0 Å². The maximum atomic E-state index is 13.0. The second-order valence-corrected chi connectivity index (χ2v) is 10.4. The normalized spacial score (nSPS) is 15.9. The highest BCUT2D eigenvalue weighted by molar-refractivity contribution is 7.18. The fourth-order valence-electron chi connectivity index (χ4n) is 5.04. The number of anilines is 1. The number of amides is 2. The van der Waals surface area contributed by atoms with Crippen LogP contribution in [0.4, 0.5) is 5.69 Å². The molecule has 3 aromatic rings. The molecule has 2 heterocycles. The van der Waals surface area contributed by atoms with Crippen LogP contribution in [0.5, 0.6) is 0 Å². The summed E-state index contributed by atoms with van der Waals surface area (Å²) in [5, 5.41) is 6.67. The molecule has 2 aromatic heterocycles. The third-order valence-electron chi connectivity index (χ3n) is 6.93. The van der Waals surface area contributed by atoms with Crippen molar-refractivity contribution in [1.82, 2.24) is 14.9 Å². The topological polar surface area (TPSA) is 93.1 Å². The molecular weight excluding hydrogens is 448 g/mol. The first-order chi connectivity index (χ1) is 16.6. The molecule has 2 aliphatic carbocycles. The van der Waals surface area contributed by atoms with Crippen LogP contribution in [0, 0.1) is 5.92 Å². The lowest BCUT2D eigenvalue weighted by Gasteiger charge is -2.12. The second kappa shape index (κ2) is 10.1. The Bertz CT molecular complexity index is 1270. The SMILES string of the molecule is O=C(CCn1cnc2sc3c(c2c1=O)CCCC3)NCc1cccc(NC(=O)C2CCCC2)c1. The number of rotatable bonds is 7. The Morgan fingerprint density at radius 2 is 1.94 bits per heavy atom. The summed E-state index contributed by atoms with van der Waals surface area (Å²) in [7, 11) is 0. The van der Waals surface area contributed by atoms with Crippen LogP contribution in [-0.4, -0.2) is 21.4 Å². The average Bonchev–Trinajstić information content (AvgIpc) is 3.51. The van der Waals surface area contributed by atoms with E-state index in [1.807, 2.05) is 24.3 Å². The van der Waals surface area contributed by atoms with E-state index in [0.29, 0.717) is 13.1 Å². The van der Waals surface area contributed by atoms with Gasteiger partial charge in [0.05, 0.1) is 11.7 Å². The second-order valence-electron chi connectivity index (χ2n) is 9.33. The van der Waals surface area contributed by atoms with Crippen molar-refractivity contribution in [1.29, 1.82) is 0 Å². The van der Waals surface area contributed by atoms with Crippen LogP contribution in [0.2, 0.25) is 0 Å². The van der Waals surface area contributed by atoms with Gasteiger partial charge in [0.15, 0.2) is 0 Å². The predicted octanol–water partition coefficient (Wildman–Crippen LogP) is 4.17. The molecule has 0 aliphatic heterocycles. The molecule has 1 saturated carbocycles. The van der Waals surface area contributed by atoms with Gasteiger partial charge < -0.3 is 10.6 Å². The number of carbonyl (C=O) groups is 2. The Morgan fingerprint density at radius 3 is 2.79 bits per heavy atom. The number of nitrogens with one attached hydrogen (secondary N) is 2. The molecule has 2 N–H and O–H groups in total. The lowest BCUT2D eigenvalue weighted by molar-refractivity contribution is -0.121. The van der Waals surface area contributed by atoms with Gasteiger partial charge in [-0.25, -0.2) is 4.98 Å². The van der Waals surface area contributed by atoms with E-state index in [1.54, 1.807) is 22.2 Å². The Hall–Kier alpha value is -3.00. The molecule has 178 valence electrons. The highest BCUT2D eigenvalue weighted by atomic mass is 32.1. The van der Waals surface area contributed by atoms with E-state index >= 15 is 0 Å². The number of aromatic nitrogens is 2. The van der Waals surface area contributed by atoms with Gasteiger partial charge in [0.25, 0.3) is 5.56 Å². The zero-order valence-corrected chi connectivity index (χ0v) is 20.1. The van der Waals surface area contributed by atoms with E-state index < -0.39 is 0 Å².